The van der Waals surface area contributed by atoms with Gasteiger partial charge in [0.1, 0.15) is 17.5 Å². The molecule has 2 unspecified atom stereocenters. The van der Waals surface area contributed by atoms with Crippen molar-refractivity contribution < 1.29 is 27.9 Å². The van der Waals surface area contributed by atoms with Crippen LogP contribution in [0.15, 0.2) is 52.3 Å². The van der Waals surface area contributed by atoms with E-state index in [-0.39, 0.29) is 21.5 Å². The van der Waals surface area contributed by atoms with Crippen molar-refractivity contribution in [3.8, 4) is 5.75 Å². The number of ether oxygens (including phenoxy) is 1. The molecule has 1 saturated heterocycles. The number of likely N-dealkylation sites (tertiary alicyclic amines) is 1. The monoisotopic (exact) mass is 443 g/mol. The molecule has 7 nitrogen and oxygen atoms in total. The van der Waals surface area contributed by atoms with Gasteiger partial charge in [-0.15, -0.1) is 0 Å². The maximum atomic E-state index is 13.2. The zero-order valence-electron chi connectivity index (χ0n) is 17.7. The Morgan fingerprint density at radius 3 is 2.35 bits per heavy atom. The summed E-state index contributed by atoms with van der Waals surface area (Å²) in [5.74, 6) is 0.233. The van der Waals surface area contributed by atoms with Gasteiger partial charge in [-0.05, 0) is 57.5 Å². The summed E-state index contributed by atoms with van der Waals surface area (Å²) in [6.07, 6.45) is 0.0781. The first-order valence-electron chi connectivity index (χ1n) is 10.2. The van der Waals surface area contributed by atoms with Crippen LogP contribution in [-0.4, -0.2) is 48.4 Å². The van der Waals surface area contributed by atoms with E-state index < -0.39 is 27.6 Å². The standard InChI is InChI=1S/C23H25NO6S/c1-14(25)15-6-8-16(9-7-15)31(28,29)17-10-11-19-18(13-17)21(22(27)23(2,3)30-19)24-12-4-5-20(24)26/h6-11,13,21-22,27H,4-5,12H2,1-3H3. The lowest BCUT2D eigenvalue weighted by molar-refractivity contribution is -0.139. The number of amides is 1. The Balaban J connectivity index is 1.80. The van der Waals surface area contributed by atoms with E-state index in [1.165, 1.54) is 43.3 Å². The van der Waals surface area contributed by atoms with Gasteiger partial charge in [-0.2, -0.15) is 0 Å². The quantitative estimate of drug-likeness (QED) is 0.729. The third-order valence-electron chi connectivity index (χ3n) is 6.01. The number of fused-ring (bicyclic) bond motifs is 1. The van der Waals surface area contributed by atoms with Gasteiger partial charge in [0.15, 0.2) is 5.78 Å². The highest BCUT2D eigenvalue weighted by Crippen LogP contribution is 2.45. The van der Waals surface area contributed by atoms with E-state index in [2.05, 4.69) is 0 Å². The van der Waals surface area contributed by atoms with Crippen molar-refractivity contribution in [2.75, 3.05) is 6.54 Å². The van der Waals surface area contributed by atoms with Crippen molar-refractivity contribution in [2.24, 2.45) is 0 Å². The smallest absolute Gasteiger partial charge is 0.223 e. The predicted octanol–water partition coefficient (Wildman–Crippen LogP) is 2.92. The fourth-order valence-corrected chi connectivity index (χ4v) is 5.51. The van der Waals surface area contributed by atoms with Crippen molar-refractivity contribution in [1.82, 2.24) is 4.90 Å². The van der Waals surface area contributed by atoms with Crippen LogP contribution in [0.1, 0.15) is 55.6 Å². The summed E-state index contributed by atoms with van der Waals surface area (Å²) >= 11 is 0. The molecule has 0 aliphatic carbocycles. The maximum absolute atomic E-state index is 13.2. The fraction of sp³-hybridized carbons (Fsp3) is 0.391. The number of nitrogens with zero attached hydrogens (tertiary/aromatic N) is 1. The number of carbonyl (C=O) groups excluding carboxylic acids is 2. The van der Waals surface area contributed by atoms with Gasteiger partial charge >= 0.3 is 0 Å². The normalized spacial score (nSPS) is 22.7. The molecule has 2 aromatic rings. The number of carbonyl (C=O) groups is 2. The third-order valence-corrected chi connectivity index (χ3v) is 7.78. The fourth-order valence-electron chi connectivity index (χ4n) is 4.22. The average Bonchev–Trinajstić information content (AvgIpc) is 3.14. The Morgan fingerprint density at radius 1 is 1.13 bits per heavy atom. The first-order chi connectivity index (χ1) is 14.5. The summed E-state index contributed by atoms with van der Waals surface area (Å²) in [7, 11) is -3.87. The van der Waals surface area contributed by atoms with Crippen LogP contribution in [0, 0.1) is 0 Å². The van der Waals surface area contributed by atoms with Gasteiger partial charge in [0, 0.05) is 24.1 Å². The molecule has 2 aliphatic rings. The van der Waals surface area contributed by atoms with Gasteiger partial charge in [0.2, 0.25) is 15.7 Å². The summed E-state index contributed by atoms with van der Waals surface area (Å²) in [6, 6.07) is 9.60. The summed E-state index contributed by atoms with van der Waals surface area (Å²) in [4.78, 5) is 25.7. The largest absolute Gasteiger partial charge is 0.485 e. The molecular weight excluding hydrogens is 418 g/mol. The Labute approximate surface area is 181 Å². The van der Waals surface area contributed by atoms with Gasteiger partial charge in [0.05, 0.1) is 15.8 Å². The van der Waals surface area contributed by atoms with E-state index in [1.54, 1.807) is 24.8 Å². The van der Waals surface area contributed by atoms with Crippen molar-refractivity contribution in [3.05, 3.63) is 53.6 Å². The Morgan fingerprint density at radius 2 is 1.77 bits per heavy atom. The molecule has 1 fully saturated rings. The molecule has 2 aromatic carbocycles. The lowest BCUT2D eigenvalue weighted by atomic mass is 9.85. The molecule has 164 valence electrons. The van der Waals surface area contributed by atoms with E-state index in [1.807, 2.05) is 0 Å². The van der Waals surface area contributed by atoms with Gasteiger partial charge in [-0.3, -0.25) is 9.59 Å². The minimum Gasteiger partial charge on any atom is -0.485 e. The average molecular weight is 444 g/mol. The number of hydrogen-bond donors (Lipinski definition) is 1. The maximum Gasteiger partial charge on any atom is 0.223 e. The summed E-state index contributed by atoms with van der Waals surface area (Å²) in [5, 5.41) is 11.0. The van der Waals surface area contributed by atoms with Crippen LogP contribution in [0.2, 0.25) is 0 Å². The molecule has 0 radical (unpaired) electrons. The highest BCUT2D eigenvalue weighted by atomic mass is 32.2. The Kier molecular flexibility index (Phi) is 5.18. The third kappa shape index (κ3) is 3.64. The Bertz CT molecular complexity index is 1150. The minimum atomic E-state index is -3.87. The molecule has 0 bridgehead atoms. The molecule has 0 spiro atoms. The van der Waals surface area contributed by atoms with Crippen LogP contribution in [0.25, 0.3) is 0 Å². The van der Waals surface area contributed by atoms with E-state index in [9.17, 15) is 23.1 Å². The highest BCUT2D eigenvalue weighted by Gasteiger charge is 2.47. The summed E-state index contributed by atoms with van der Waals surface area (Å²) in [5.41, 5.74) is -0.0389. The van der Waals surface area contributed by atoms with Crippen LogP contribution < -0.4 is 4.74 Å². The number of hydrogen-bond acceptors (Lipinski definition) is 6. The molecule has 1 amide bonds. The van der Waals surface area contributed by atoms with Crippen LogP contribution in [-0.2, 0) is 14.6 Å². The van der Waals surface area contributed by atoms with E-state index in [4.69, 9.17) is 4.74 Å². The number of rotatable bonds is 4. The van der Waals surface area contributed by atoms with Crippen LogP contribution in [0.4, 0.5) is 0 Å². The molecule has 1 N–H and O–H groups in total. The van der Waals surface area contributed by atoms with E-state index in [0.717, 1.165) is 0 Å². The first-order valence-corrected chi connectivity index (χ1v) is 11.7. The van der Waals surface area contributed by atoms with E-state index in [0.29, 0.717) is 36.3 Å². The predicted molar refractivity (Wildman–Crippen MR) is 113 cm³/mol. The van der Waals surface area contributed by atoms with Crippen LogP contribution >= 0.6 is 0 Å². The number of sulfone groups is 1. The molecule has 31 heavy (non-hydrogen) atoms. The minimum absolute atomic E-state index is 0.0361. The molecule has 4 rings (SSSR count). The zero-order valence-corrected chi connectivity index (χ0v) is 18.5. The second-order valence-corrected chi connectivity index (χ2v) is 10.5. The number of Topliss-reactive ketones (excluding diaryl/α,β-unsaturated/α-hetero) is 1. The SMILES string of the molecule is CC(=O)c1ccc(S(=O)(=O)c2ccc3c(c2)C(N2CCCC2=O)C(O)C(C)(C)O3)cc1. The molecule has 2 heterocycles. The van der Waals surface area contributed by atoms with Crippen molar-refractivity contribution >= 4 is 21.5 Å². The topological polar surface area (TPSA) is 101 Å². The van der Waals surface area contributed by atoms with Crippen LogP contribution in [0.5, 0.6) is 5.75 Å². The molecule has 0 saturated carbocycles. The summed E-state index contributed by atoms with van der Waals surface area (Å²) in [6.45, 7) is 5.41. The number of aliphatic hydroxyl groups is 1. The molecule has 2 atom stereocenters. The number of benzene rings is 2. The van der Waals surface area contributed by atoms with Crippen molar-refractivity contribution in [1.29, 1.82) is 0 Å². The summed E-state index contributed by atoms with van der Waals surface area (Å²) < 4.78 is 32.4. The van der Waals surface area contributed by atoms with Crippen molar-refractivity contribution in [2.45, 2.75) is 61.2 Å². The van der Waals surface area contributed by atoms with E-state index >= 15 is 0 Å². The van der Waals surface area contributed by atoms with Gasteiger partial charge in [-0.25, -0.2) is 8.42 Å². The van der Waals surface area contributed by atoms with Gasteiger partial charge < -0.3 is 14.7 Å². The molecule has 0 aromatic heterocycles. The van der Waals surface area contributed by atoms with Crippen molar-refractivity contribution in [3.63, 3.8) is 0 Å². The zero-order chi connectivity index (χ0) is 22.6. The molecule has 2 aliphatic heterocycles. The Hall–Kier alpha value is -2.71. The highest BCUT2D eigenvalue weighted by molar-refractivity contribution is 7.91. The second-order valence-electron chi connectivity index (χ2n) is 8.57. The van der Waals surface area contributed by atoms with Gasteiger partial charge in [0.25, 0.3) is 0 Å². The molecule has 8 heteroatoms. The second kappa shape index (κ2) is 7.46. The van der Waals surface area contributed by atoms with Gasteiger partial charge in [-0.1, -0.05) is 12.1 Å². The lowest BCUT2D eigenvalue weighted by Crippen LogP contribution is -2.53. The first kappa shape index (κ1) is 21.5. The number of aliphatic hydroxyl groups excluding tert-OH is 1. The molecular formula is C23H25NO6S. The number of ketones is 1. The van der Waals surface area contributed by atoms with Crippen LogP contribution in [0.3, 0.4) is 0 Å². The lowest BCUT2D eigenvalue weighted by Gasteiger charge is -2.45.